The molecule has 5 heteroatoms. The third-order valence-corrected chi connectivity index (χ3v) is 5.31. The summed E-state index contributed by atoms with van der Waals surface area (Å²) in [6.07, 6.45) is 7.86. The highest BCUT2D eigenvalue weighted by atomic mass is 16.5. The first-order valence-electron chi connectivity index (χ1n) is 11.9. The predicted molar refractivity (Wildman–Crippen MR) is 130 cm³/mol. The van der Waals surface area contributed by atoms with Gasteiger partial charge in [-0.25, -0.2) is 0 Å². The summed E-state index contributed by atoms with van der Waals surface area (Å²) < 4.78 is 5.09. The van der Waals surface area contributed by atoms with Gasteiger partial charge in [0.2, 0.25) is 0 Å². The van der Waals surface area contributed by atoms with Crippen molar-refractivity contribution in [3.05, 3.63) is 83.4 Å². The number of allylic oxidation sites excluding steroid dienone is 1. The Labute approximate surface area is 197 Å². The van der Waals surface area contributed by atoms with Gasteiger partial charge < -0.3 is 4.74 Å². The second-order valence-corrected chi connectivity index (χ2v) is 7.96. The number of ether oxygens (including phenoxy) is 1. The fourth-order valence-electron chi connectivity index (χ4n) is 3.54. The number of hydrogen-bond acceptors (Lipinski definition) is 4. The first kappa shape index (κ1) is 26.0. The molecule has 2 amide bonds. The van der Waals surface area contributed by atoms with Crippen LogP contribution >= 0.6 is 0 Å². The average molecular weight is 450 g/mol. The summed E-state index contributed by atoms with van der Waals surface area (Å²) in [6, 6.07) is 18.1. The van der Waals surface area contributed by atoms with Gasteiger partial charge in [0, 0.05) is 11.1 Å². The summed E-state index contributed by atoms with van der Waals surface area (Å²) in [5.41, 5.74) is 1.58. The van der Waals surface area contributed by atoms with E-state index in [0.29, 0.717) is 17.6 Å². The van der Waals surface area contributed by atoms with Gasteiger partial charge in [-0.1, -0.05) is 87.2 Å². The molecule has 0 radical (unpaired) electrons. The van der Waals surface area contributed by atoms with Crippen LogP contribution in [0.3, 0.4) is 0 Å². The van der Waals surface area contributed by atoms with Crippen LogP contribution < -0.4 is 0 Å². The monoisotopic (exact) mass is 449 g/mol. The van der Waals surface area contributed by atoms with Gasteiger partial charge in [-0.05, 0) is 37.5 Å². The maximum atomic E-state index is 13.6. The molecule has 0 saturated carbocycles. The van der Waals surface area contributed by atoms with Crippen molar-refractivity contribution < 1.29 is 19.1 Å². The minimum atomic E-state index is -0.463. The molecule has 0 N–H and O–H groups in total. The minimum absolute atomic E-state index is 0.129. The van der Waals surface area contributed by atoms with Gasteiger partial charge in [0.1, 0.15) is 0 Å². The molecule has 0 spiro atoms. The van der Waals surface area contributed by atoms with E-state index in [0.717, 1.165) is 24.8 Å². The van der Waals surface area contributed by atoms with Crippen molar-refractivity contribution in [3.8, 4) is 0 Å². The molecule has 0 aliphatic carbocycles. The molecule has 0 unspecified atom stereocenters. The van der Waals surface area contributed by atoms with Crippen LogP contribution in [0.1, 0.15) is 74.7 Å². The van der Waals surface area contributed by atoms with Gasteiger partial charge in [0.25, 0.3) is 11.8 Å². The first-order chi connectivity index (χ1) is 16.1. The van der Waals surface area contributed by atoms with Gasteiger partial charge in [-0.2, -0.15) is 0 Å². The minimum Gasteiger partial charge on any atom is -0.466 e. The van der Waals surface area contributed by atoms with E-state index in [1.807, 2.05) is 42.5 Å². The van der Waals surface area contributed by atoms with Crippen LogP contribution in [0.15, 0.2) is 72.3 Å². The Kier molecular flexibility index (Phi) is 11.7. The van der Waals surface area contributed by atoms with Gasteiger partial charge >= 0.3 is 5.97 Å². The summed E-state index contributed by atoms with van der Waals surface area (Å²) in [6.45, 7) is 4.27. The Morgan fingerprint density at radius 2 is 1.48 bits per heavy atom. The number of amides is 2. The summed E-state index contributed by atoms with van der Waals surface area (Å²) in [5.74, 6) is -1.30. The largest absolute Gasteiger partial charge is 0.466 e. The van der Waals surface area contributed by atoms with E-state index in [1.165, 1.54) is 17.7 Å². The molecule has 0 saturated heterocycles. The van der Waals surface area contributed by atoms with Crippen LogP contribution in [-0.4, -0.2) is 29.3 Å². The molecule has 0 bridgehead atoms. The van der Waals surface area contributed by atoms with E-state index in [-0.39, 0.29) is 25.5 Å². The van der Waals surface area contributed by atoms with E-state index >= 15 is 0 Å². The zero-order chi connectivity index (χ0) is 23.9. The summed E-state index contributed by atoms with van der Waals surface area (Å²) >= 11 is 0. The molecular formula is C28H35NO4. The number of benzene rings is 2. The molecular weight excluding hydrogens is 414 g/mol. The lowest BCUT2D eigenvalue weighted by Crippen LogP contribution is -2.38. The number of hydrogen-bond donors (Lipinski definition) is 0. The number of carbonyl (C=O) groups excluding carboxylic acids is 3. The maximum Gasteiger partial charge on any atom is 0.310 e. The molecule has 2 aromatic rings. The molecule has 176 valence electrons. The topological polar surface area (TPSA) is 63.7 Å². The molecule has 0 aliphatic heterocycles. The molecule has 0 heterocycles. The fourth-order valence-corrected chi connectivity index (χ4v) is 3.54. The highest BCUT2D eigenvalue weighted by Crippen LogP contribution is 2.18. The van der Waals surface area contributed by atoms with Crippen LogP contribution in [0.5, 0.6) is 0 Å². The van der Waals surface area contributed by atoms with Gasteiger partial charge in [0.05, 0.1) is 19.6 Å². The number of esters is 1. The highest BCUT2D eigenvalue weighted by molar-refractivity contribution is 6.11. The van der Waals surface area contributed by atoms with Crippen LogP contribution in [0.25, 0.3) is 0 Å². The smallest absolute Gasteiger partial charge is 0.310 e. The zero-order valence-corrected chi connectivity index (χ0v) is 19.8. The van der Waals surface area contributed by atoms with Crippen molar-refractivity contribution in [1.29, 1.82) is 0 Å². The molecule has 0 fully saturated rings. The molecule has 2 rings (SSSR count). The van der Waals surface area contributed by atoms with E-state index in [2.05, 4.69) is 6.92 Å². The normalized spacial score (nSPS) is 11.2. The third kappa shape index (κ3) is 9.05. The molecule has 2 aromatic carbocycles. The molecule has 5 nitrogen and oxygen atoms in total. The van der Waals surface area contributed by atoms with Crippen molar-refractivity contribution in [2.45, 2.75) is 65.3 Å². The van der Waals surface area contributed by atoms with Crippen LogP contribution in [0.2, 0.25) is 0 Å². The molecule has 33 heavy (non-hydrogen) atoms. The standard InChI is InChI=1S/C28H35NO4/c1-3-5-6-7-8-13-20-25(21-26(30)33-4-2)28(32)29(22-23-16-11-9-12-17-23)27(31)24-18-14-10-15-19-24/h9-12,14-20H,3-8,13,21-22H2,1-2H3/b25-20+. The summed E-state index contributed by atoms with van der Waals surface area (Å²) in [7, 11) is 0. The van der Waals surface area contributed by atoms with Gasteiger partial charge in [0.15, 0.2) is 0 Å². The number of imide groups is 1. The van der Waals surface area contributed by atoms with Crippen LogP contribution in [0.4, 0.5) is 0 Å². The van der Waals surface area contributed by atoms with Crippen molar-refractivity contribution in [1.82, 2.24) is 4.90 Å². The Morgan fingerprint density at radius 3 is 2.12 bits per heavy atom. The molecule has 0 aliphatic rings. The lowest BCUT2D eigenvalue weighted by atomic mass is 10.0. The number of rotatable bonds is 13. The quantitative estimate of drug-likeness (QED) is 0.211. The van der Waals surface area contributed by atoms with Crippen LogP contribution in [0, 0.1) is 0 Å². The van der Waals surface area contributed by atoms with Crippen molar-refractivity contribution in [2.24, 2.45) is 0 Å². The second-order valence-electron chi connectivity index (χ2n) is 7.96. The highest BCUT2D eigenvalue weighted by Gasteiger charge is 2.27. The number of carbonyl (C=O) groups is 3. The lowest BCUT2D eigenvalue weighted by molar-refractivity contribution is -0.143. The molecule has 0 aromatic heterocycles. The summed E-state index contributed by atoms with van der Waals surface area (Å²) in [5, 5.41) is 0. The molecule has 0 atom stereocenters. The SMILES string of the molecule is CCCCCCC/C=C(\CC(=O)OCC)C(=O)N(Cc1ccccc1)C(=O)c1ccccc1. The Balaban J connectivity index is 2.28. The van der Waals surface area contributed by atoms with E-state index in [4.69, 9.17) is 4.74 Å². The van der Waals surface area contributed by atoms with Crippen molar-refractivity contribution in [2.75, 3.05) is 6.61 Å². The van der Waals surface area contributed by atoms with E-state index < -0.39 is 11.9 Å². The lowest BCUT2D eigenvalue weighted by Gasteiger charge is -2.23. The Hall–Kier alpha value is -3.21. The Bertz CT molecular complexity index is 906. The van der Waals surface area contributed by atoms with E-state index in [9.17, 15) is 14.4 Å². The zero-order valence-electron chi connectivity index (χ0n) is 19.8. The predicted octanol–water partition coefficient (Wildman–Crippen LogP) is 6.10. The average Bonchev–Trinajstić information content (AvgIpc) is 2.84. The Morgan fingerprint density at radius 1 is 0.848 bits per heavy atom. The maximum absolute atomic E-state index is 13.6. The number of nitrogens with zero attached hydrogens (tertiary/aromatic N) is 1. The first-order valence-corrected chi connectivity index (χ1v) is 11.9. The third-order valence-electron chi connectivity index (χ3n) is 5.31. The van der Waals surface area contributed by atoms with Gasteiger partial charge in [-0.3, -0.25) is 19.3 Å². The van der Waals surface area contributed by atoms with Crippen molar-refractivity contribution >= 4 is 17.8 Å². The van der Waals surface area contributed by atoms with Gasteiger partial charge in [-0.15, -0.1) is 0 Å². The summed E-state index contributed by atoms with van der Waals surface area (Å²) in [4.78, 5) is 40.4. The fraction of sp³-hybridized carbons (Fsp3) is 0.393. The van der Waals surface area contributed by atoms with Crippen molar-refractivity contribution in [3.63, 3.8) is 0 Å². The second kappa shape index (κ2) is 14.8. The van der Waals surface area contributed by atoms with Crippen LogP contribution in [-0.2, 0) is 20.9 Å². The number of unbranched alkanes of at least 4 members (excludes halogenated alkanes) is 5. The van der Waals surface area contributed by atoms with E-state index in [1.54, 1.807) is 31.2 Å².